The Morgan fingerprint density at radius 3 is 1.54 bits per heavy atom. The number of esters is 2. The molecule has 0 N–H and O–H groups in total. The Morgan fingerprint density at radius 1 is 0.680 bits per heavy atom. The summed E-state index contributed by atoms with van der Waals surface area (Å²) in [6, 6.07) is 12.9. The van der Waals surface area contributed by atoms with Crippen molar-refractivity contribution < 1.29 is 38.0 Å². The number of ether oxygens (including phenoxy) is 6. The Labute approximate surface area is 294 Å². The first-order chi connectivity index (χ1) is 24.3. The number of likely N-dealkylation sites (tertiary alicyclic amines) is 2. The fraction of sp³-hybridized carbons (Fsp3) is 0.550. The number of fused-ring (bicyclic) bond motifs is 4. The lowest BCUT2D eigenvalue weighted by molar-refractivity contribution is -0.161. The van der Waals surface area contributed by atoms with Crippen molar-refractivity contribution in [3.8, 4) is 23.0 Å². The van der Waals surface area contributed by atoms with Gasteiger partial charge in [0.15, 0.2) is 35.2 Å². The van der Waals surface area contributed by atoms with Crippen molar-refractivity contribution >= 4 is 11.9 Å². The van der Waals surface area contributed by atoms with Gasteiger partial charge in [-0.15, -0.1) is 0 Å². The van der Waals surface area contributed by atoms with Gasteiger partial charge in [-0.25, -0.2) is 0 Å². The molecule has 0 saturated carbocycles. The third kappa shape index (κ3) is 6.15. The number of carbonyl (C=O) groups is 2. The van der Waals surface area contributed by atoms with Gasteiger partial charge in [0.25, 0.3) is 0 Å². The first-order valence-electron chi connectivity index (χ1n) is 18.1. The molecule has 10 heteroatoms. The summed E-state index contributed by atoms with van der Waals surface area (Å²) >= 11 is 0. The summed E-state index contributed by atoms with van der Waals surface area (Å²) in [5, 5.41) is 0. The molecular weight excluding hydrogens is 636 g/mol. The molecule has 0 spiro atoms. The number of nitrogens with zero attached hydrogens (tertiary/aromatic N) is 2. The van der Waals surface area contributed by atoms with Crippen molar-refractivity contribution in [2.75, 3.05) is 41.4 Å². The fourth-order valence-corrected chi connectivity index (χ4v) is 9.46. The molecule has 10 nitrogen and oxygen atoms in total. The molecule has 4 aliphatic heterocycles. The normalized spacial score (nSPS) is 33.8. The van der Waals surface area contributed by atoms with Gasteiger partial charge in [-0.3, -0.25) is 9.59 Å². The molecule has 2 saturated heterocycles. The van der Waals surface area contributed by atoms with E-state index in [0.717, 1.165) is 38.8 Å². The predicted octanol–water partition coefficient (Wildman–Crippen LogP) is 4.63. The van der Waals surface area contributed by atoms with Crippen molar-refractivity contribution in [1.29, 1.82) is 0 Å². The summed E-state index contributed by atoms with van der Waals surface area (Å²) in [5.74, 6) is 2.63. The molecule has 0 amide bonds. The molecule has 0 radical (unpaired) electrons. The minimum absolute atomic E-state index is 0.0924. The van der Waals surface area contributed by atoms with Gasteiger partial charge >= 0.3 is 11.9 Å². The van der Waals surface area contributed by atoms with Gasteiger partial charge in [0.2, 0.25) is 0 Å². The highest BCUT2D eigenvalue weighted by atomic mass is 16.6. The molecule has 266 valence electrons. The van der Waals surface area contributed by atoms with E-state index >= 15 is 0 Å². The summed E-state index contributed by atoms with van der Waals surface area (Å²) in [5.41, 5.74) is 2.39. The van der Waals surface area contributed by atoms with Gasteiger partial charge in [0, 0.05) is 23.9 Å². The molecule has 2 aliphatic carbocycles. The molecule has 10 atom stereocenters. The number of carbonyl (C=O) groups excluding carboxylic acids is 2. The smallest absolute Gasteiger partial charge is 0.307 e. The van der Waals surface area contributed by atoms with Crippen molar-refractivity contribution in [3.05, 3.63) is 71.8 Å². The topological polar surface area (TPSA) is 96.0 Å². The van der Waals surface area contributed by atoms with Crippen molar-refractivity contribution in [1.82, 2.24) is 9.80 Å². The number of likely N-dealkylation sites (N-methyl/N-ethyl adjacent to an activating group) is 2. The van der Waals surface area contributed by atoms with Crippen LogP contribution in [-0.2, 0) is 31.9 Å². The van der Waals surface area contributed by atoms with E-state index in [-0.39, 0.29) is 48.7 Å². The number of benzene rings is 2. The first-order valence-corrected chi connectivity index (χ1v) is 18.1. The molecular formula is C40H48N2O8. The lowest BCUT2D eigenvalue weighted by Crippen LogP contribution is -2.56. The zero-order valence-corrected chi connectivity index (χ0v) is 29.4. The van der Waals surface area contributed by atoms with Gasteiger partial charge in [-0.05, 0) is 112 Å². The zero-order valence-electron chi connectivity index (χ0n) is 29.4. The van der Waals surface area contributed by atoms with Crippen LogP contribution < -0.4 is 18.9 Å². The minimum atomic E-state index is -0.580. The first kappa shape index (κ1) is 33.1. The summed E-state index contributed by atoms with van der Waals surface area (Å²) in [6.45, 7) is 1.88. The number of hydrogen-bond acceptors (Lipinski definition) is 10. The predicted molar refractivity (Wildman–Crippen MR) is 186 cm³/mol. The number of methoxy groups -OCH3 is 2. The van der Waals surface area contributed by atoms with E-state index in [0.29, 0.717) is 35.1 Å². The Bertz CT molecular complexity index is 1550. The Balaban J connectivity index is 0.952. The summed E-state index contributed by atoms with van der Waals surface area (Å²) < 4.78 is 36.8. The molecule has 0 unspecified atom stereocenters. The third-order valence-electron chi connectivity index (χ3n) is 12.1. The number of hydrogen-bond donors (Lipinski definition) is 0. The van der Waals surface area contributed by atoms with Crippen LogP contribution in [-0.4, -0.2) is 99.6 Å². The van der Waals surface area contributed by atoms with E-state index in [4.69, 9.17) is 28.4 Å². The molecule has 8 rings (SSSR count). The minimum Gasteiger partial charge on any atom is -0.493 e. The van der Waals surface area contributed by atoms with Crippen LogP contribution in [0.15, 0.2) is 60.7 Å². The van der Waals surface area contributed by atoms with Crippen LogP contribution in [0.3, 0.4) is 0 Å². The largest absolute Gasteiger partial charge is 0.493 e. The van der Waals surface area contributed by atoms with Crippen molar-refractivity contribution in [2.45, 2.75) is 75.0 Å². The standard InChI is InChI=1S/C40H48N2O8/c1-41-17-15-27-25-7-11-33(39(27)49-35-21-23(19-29(25)41)5-9-31(35)45-3)47-37(43)13-14-38(44)48-34-12-8-26-28-16-18-42(2)30(26)20-24-6-10-32(46-4)36(22-24)50-40(28)34/h5-12,21-22,25-30,33-34,39-40H,13-20H2,1-4H3/t25-,26-,27+,28+,29-,30-,33+,34+,39-,40-/m1/s1. The van der Waals surface area contributed by atoms with E-state index in [1.807, 2.05) is 24.3 Å². The zero-order chi connectivity index (χ0) is 34.5. The van der Waals surface area contributed by atoms with Crippen LogP contribution in [0.1, 0.15) is 36.8 Å². The number of rotatable bonds is 7. The second kappa shape index (κ2) is 13.6. The Kier molecular flexibility index (Phi) is 9.02. The molecule has 2 fully saturated rings. The number of piperidine rings is 2. The molecule has 0 aromatic heterocycles. The molecule has 2 aromatic carbocycles. The van der Waals surface area contributed by atoms with Crippen LogP contribution in [0, 0.1) is 23.7 Å². The van der Waals surface area contributed by atoms with Gasteiger partial charge in [-0.2, -0.15) is 0 Å². The average molecular weight is 685 g/mol. The van der Waals surface area contributed by atoms with E-state index in [1.54, 1.807) is 14.2 Å². The summed E-state index contributed by atoms with van der Waals surface area (Å²) in [4.78, 5) is 31.5. The van der Waals surface area contributed by atoms with Gasteiger partial charge in [-0.1, -0.05) is 24.3 Å². The molecule has 12 bridgehead atoms. The van der Waals surface area contributed by atoms with Crippen LogP contribution >= 0.6 is 0 Å². The maximum Gasteiger partial charge on any atom is 0.307 e. The van der Waals surface area contributed by atoms with Crippen LogP contribution in [0.4, 0.5) is 0 Å². The van der Waals surface area contributed by atoms with E-state index in [9.17, 15) is 9.59 Å². The average Bonchev–Trinajstić information content (AvgIpc) is 3.13. The monoisotopic (exact) mass is 684 g/mol. The van der Waals surface area contributed by atoms with E-state index in [1.165, 1.54) is 11.1 Å². The Morgan fingerprint density at radius 2 is 1.12 bits per heavy atom. The molecule has 50 heavy (non-hydrogen) atoms. The fourth-order valence-electron chi connectivity index (χ4n) is 9.46. The second-order valence-electron chi connectivity index (χ2n) is 14.9. The van der Waals surface area contributed by atoms with Crippen molar-refractivity contribution in [3.63, 3.8) is 0 Å². The maximum absolute atomic E-state index is 13.3. The van der Waals surface area contributed by atoms with Crippen molar-refractivity contribution in [2.24, 2.45) is 23.7 Å². The maximum atomic E-state index is 13.3. The highest BCUT2D eigenvalue weighted by Gasteiger charge is 2.49. The highest BCUT2D eigenvalue weighted by Crippen LogP contribution is 2.45. The highest BCUT2D eigenvalue weighted by molar-refractivity contribution is 5.78. The van der Waals surface area contributed by atoms with Gasteiger partial charge in [0.05, 0.1) is 27.1 Å². The van der Waals surface area contributed by atoms with E-state index < -0.39 is 24.1 Å². The summed E-state index contributed by atoms with van der Waals surface area (Å²) in [7, 11) is 7.64. The molecule has 2 aromatic rings. The van der Waals surface area contributed by atoms with Gasteiger partial charge < -0.3 is 38.2 Å². The lowest BCUT2D eigenvalue weighted by atomic mass is 9.71. The van der Waals surface area contributed by atoms with E-state index in [2.05, 4.69) is 60.3 Å². The lowest BCUT2D eigenvalue weighted by Gasteiger charge is -2.48. The quantitative estimate of drug-likeness (QED) is 0.304. The second-order valence-corrected chi connectivity index (χ2v) is 14.9. The van der Waals surface area contributed by atoms with Crippen LogP contribution in [0.25, 0.3) is 0 Å². The molecule has 6 aliphatic rings. The van der Waals surface area contributed by atoms with Gasteiger partial charge in [0.1, 0.15) is 12.2 Å². The summed E-state index contributed by atoms with van der Waals surface area (Å²) in [6.07, 6.45) is 9.96. The van der Waals surface area contributed by atoms with Crippen LogP contribution in [0.2, 0.25) is 0 Å². The van der Waals surface area contributed by atoms with Crippen LogP contribution in [0.5, 0.6) is 23.0 Å². The SMILES string of the molecule is COc1ccc2cc1O[C@@H]1[C@H]3CCN(C)[C@H](C2)[C@@H]3C=C[C@@H]1OC(=O)CCC(=O)O[C@H]1C=C[C@@H]2[C@@H]3CCN(C)[C@@H]2Cc2ccc(OC)c(c2)O[C@H]31. The third-order valence-corrected chi connectivity index (χ3v) is 12.1. The Hall–Kier alpha value is -4.02. The molecule has 4 heterocycles.